The van der Waals surface area contributed by atoms with Crippen molar-refractivity contribution in [2.24, 2.45) is 0 Å². The first-order chi connectivity index (χ1) is 13.6. The van der Waals surface area contributed by atoms with Crippen LogP contribution >= 0.6 is 0 Å². The van der Waals surface area contributed by atoms with Crippen LogP contribution in [0.3, 0.4) is 0 Å². The Balaban J connectivity index is 1.54. The highest BCUT2D eigenvalue weighted by Crippen LogP contribution is 2.33. The topological polar surface area (TPSA) is 37.3 Å². The number of hydrogen-bond donors (Lipinski definition) is 1. The third-order valence-corrected chi connectivity index (χ3v) is 5.09. The first-order valence-corrected chi connectivity index (χ1v) is 9.32. The number of nitrogens with zero attached hydrogens (tertiary/aromatic N) is 2. The lowest BCUT2D eigenvalue weighted by atomic mass is 10.00. The number of halogens is 2. The molecule has 0 saturated heterocycles. The predicted molar refractivity (Wildman–Crippen MR) is 103 cm³/mol. The number of nitrogens with one attached hydrogen (secondary N) is 1. The molecule has 0 radical (unpaired) electrons. The van der Waals surface area contributed by atoms with Gasteiger partial charge in [-0.3, -0.25) is 0 Å². The van der Waals surface area contributed by atoms with Crippen molar-refractivity contribution in [1.29, 1.82) is 0 Å². The standard InChI is InChI=1S/C22H21F2N3O/c23-18-9-8-17(15-19(18)24)21-20-7-4-12-26(20)13-14-27(21)22(28)25-11-10-16-5-2-1-3-6-16/h1-9,12,15,21H,10-11,13-14H2,(H,25,28). The van der Waals surface area contributed by atoms with Crippen molar-refractivity contribution in [1.82, 2.24) is 14.8 Å². The van der Waals surface area contributed by atoms with Gasteiger partial charge in [-0.15, -0.1) is 0 Å². The van der Waals surface area contributed by atoms with Crippen molar-refractivity contribution in [3.05, 3.63) is 95.3 Å². The second kappa shape index (κ2) is 7.84. The molecule has 144 valence electrons. The largest absolute Gasteiger partial charge is 0.348 e. The van der Waals surface area contributed by atoms with Gasteiger partial charge in [-0.2, -0.15) is 0 Å². The molecule has 0 spiro atoms. The van der Waals surface area contributed by atoms with E-state index in [0.29, 0.717) is 25.2 Å². The third kappa shape index (κ3) is 3.63. The van der Waals surface area contributed by atoms with Gasteiger partial charge in [0.25, 0.3) is 0 Å². The Morgan fingerprint density at radius 3 is 2.61 bits per heavy atom. The molecule has 0 bridgehead atoms. The van der Waals surface area contributed by atoms with Gasteiger partial charge in [0.1, 0.15) is 0 Å². The van der Waals surface area contributed by atoms with Crippen LogP contribution in [0.15, 0.2) is 66.9 Å². The number of carbonyl (C=O) groups is 1. The predicted octanol–water partition coefficient (Wildman–Crippen LogP) is 4.12. The van der Waals surface area contributed by atoms with Crippen LogP contribution in [-0.2, 0) is 13.0 Å². The first-order valence-electron chi connectivity index (χ1n) is 9.32. The van der Waals surface area contributed by atoms with Crippen LogP contribution < -0.4 is 5.32 Å². The van der Waals surface area contributed by atoms with Crippen molar-refractivity contribution in [2.75, 3.05) is 13.1 Å². The molecule has 6 heteroatoms. The van der Waals surface area contributed by atoms with E-state index < -0.39 is 17.7 Å². The van der Waals surface area contributed by atoms with Crippen molar-refractivity contribution < 1.29 is 13.6 Å². The average Bonchev–Trinajstić information content (AvgIpc) is 3.19. The number of fused-ring (bicyclic) bond motifs is 1. The summed E-state index contributed by atoms with van der Waals surface area (Å²) in [5.74, 6) is -1.81. The van der Waals surface area contributed by atoms with Gasteiger partial charge in [0, 0.05) is 31.5 Å². The van der Waals surface area contributed by atoms with E-state index in [2.05, 4.69) is 5.32 Å². The fourth-order valence-electron chi connectivity index (χ4n) is 3.70. The maximum absolute atomic E-state index is 13.9. The summed E-state index contributed by atoms with van der Waals surface area (Å²) in [6, 6.07) is 16.9. The first kappa shape index (κ1) is 18.2. The van der Waals surface area contributed by atoms with E-state index in [1.807, 2.05) is 53.2 Å². The average molecular weight is 381 g/mol. The van der Waals surface area contributed by atoms with Crippen LogP contribution in [0, 0.1) is 11.6 Å². The van der Waals surface area contributed by atoms with Crippen LogP contribution in [0.1, 0.15) is 22.9 Å². The lowest BCUT2D eigenvalue weighted by molar-refractivity contribution is 0.168. The van der Waals surface area contributed by atoms with Gasteiger partial charge in [-0.05, 0) is 41.8 Å². The Labute approximate surface area is 162 Å². The van der Waals surface area contributed by atoms with Crippen LogP contribution in [0.5, 0.6) is 0 Å². The Hall–Kier alpha value is -3.15. The van der Waals surface area contributed by atoms with Crippen LogP contribution in [0.4, 0.5) is 13.6 Å². The summed E-state index contributed by atoms with van der Waals surface area (Å²) < 4.78 is 29.3. The normalized spacial score (nSPS) is 15.9. The van der Waals surface area contributed by atoms with Crippen molar-refractivity contribution in [2.45, 2.75) is 19.0 Å². The van der Waals surface area contributed by atoms with Gasteiger partial charge in [0.05, 0.1) is 6.04 Å². The fourth-order valence-corrected chi connectivity index (χ4v) is 3.70. The fraction of sp³-hybridized carbons (Fsp3) is 0.227. The summed E-state index contributed by atoms with van der Waals surface area (Å²) in [6.07, 6.45) is 2.67. The molecule has 4 nitrogen and oxygen atoms in total. The highest BCUT2D eigenvalue weighted by molar-refractivity contribution is 5.75. The summed E-state index contributed by atoms with van der Waals surface area (Å²) in [5, 5.41) is 2.96. The van der Waals surface area contributed by atoms with Crippen LogP contribution in [0.25, 0.3) is 0 Å². The summed E-state index contributed by atoms with van der Waals surface area (Å²) in [6.45, 7) is 1.65. The Bertz CT molecular complexity index is 971. The number of amides is 2. The van der Waals surface area contributed by atoms with Gasteiger partial charge < -0.3 is 14.8 Å². The number of urea groups is 1. The molecule has 4 rings (SSSR count). The molecular weight excluding hydrogens is 360 g/mol. The number of aromatic nitrogens is 1. The number of rotatable bonds is 4. The van der Waals surface area contributed by atoms with Gasteiger partial charge in [-0.25, -0.2) is 13.6 Å². The maximum Gasteiger partial charge on any atom is 0.318 e. The summed E-state index contributed by atoms with van der Waals surface area (Å²) in [5.41, 5.74) is 2.58. The van der Waals surface area contributed by atoms with E-state index in [-0.39, 0.29) is 6.03 Å². The van der Waals surface area contributed by atoms with Crippen molar-refractivity contribution >= 4 is 6.03 Å². The van der Waals surface area contributed by atoms with Gasteiger partial charge in [0.2, 0.25) is 0 Å². The molecule has 1 aliphatic heterocycles. The number of carbonyl (C=O) groups excluding carboxylic acids is 1. The molecule has 1 atom stereocenters. The van der Waals surface area contributed by atoms with Crippen molar-refractivity contribution in [3.8, 4) is 0 Å². The zero-order valence-corrected chi connectivity index (χ0v) is 15.3. The number of hydrogen-bond acceptors (Lipinski definition) is 1. The molecule has 0 saturated carbocycles. The zero-order chi connectivity index (χ0) is 19.5. The minimum atomic E-state index is -0.911. The lowest BCUT2D eigenvalue weighted by Gasteiger charge is -2.37. The van der Waals surface area contributed by atoms with E-state index in [1.165, 1.54) is 12.1 Å². The minimum absolute atomic E-state index is 0.210. The van der Waals surface area contributed by atoms with E-state index in [1.54, 1.807) is 4.90 Å². The van der Waals surface area contributed by atoms with Gasteiger partial charge in [-0.1, -0.05) is 36.4 Å². The third-order valence-electron chi connectivity index (χ3n) is 5.09. The SMILES string of the molecule is O=C(NCCc1ccccc1)N1CCn2cccc2C1c1ccc(F)c(F)c1. The molecule has 1 aromatic heterocycles. The molecule has 0 fully saturated rings. The second-order valence-corrected chi connectivity index (χ2v) is 6.86. The maximum atomic E-state index is 13.9. The van der Waals surface area contributed by atoms with E-state index in [9.17, 15) is 13.6 Å². The molecule has 2 amide bonds. The van der Waals surface area contributed by atoms with Crippen LogP contribution in [0.2, 0.25) is 0 Å². The quantitative estimate of drug-likeness (QED) is 0.725. The number of benzene rings is 2. The molecule has 1 N–H and O–H groups in total. The summed E-state index contributed by atoms with van der Waals surface area (Å²) >= 11 is 0. The summed E-state index contributed by atoms with van der Waals surface area (Å²) in [7, 11) is 0. The van der Waals surface area contributed by atoms with E-state index in [4.69, 9.17) is 0 Å². The molecule has 2 aromatic carbocycles. The van der Waals surface area contributed by atoms with Crippen LogP contribution in [-0.4, -0.2) is 28.6 Å². The molecule has 0 aliphatic carbocycles. The Kier molecular flexibility index (Phi) is 5.10. The van der Waals surface area contributed by atoms with Crippen molar-refractivity contribution in [3.63, 3.8) is 0 Å². The lowest BCUT2D eigenvalue weighted by Crippen LogP contribution is -2.47. The summed E-state index contributed by atoms with van der Waals surface area (Å²) in [4.78, 5) is 14.6. The van der Waals surface area contributed by atoms with Gasteiger partial charge >= 0.3 is 6.03 Å². The molecule has 1 aliphatic rings. The molecule has 28 heavy (non-hydrogen) atoms. The second-order valence-electron chi connectivity index (χ2n) is 6.86. The Morgan fingerprint density at radius 2 is 1.82 bits per heavy atom. The molecular formula is C22H21F2N3O. The highest BCUT2D eigenvalue weighted by Gasteiger charge is 2.32. The zero-order valence-electron chi connectivity index (χ0n) is 15.3. The van der Waals surface area contributed by atoms with Gasteiger partial charge in [0.15, 0.2) is 11.6 Å². The molecule has 1 unspecified atom stereocenters. The highest BCUT2D eigenvalue weighted by atomic mass is 19.2. The minimum Gasteiger partial charge on any atom is -0.348 e. The van der Waals surface area contributed by atoms with E-state index in [0.717, 1.165) is 23.7 Å². The molecule has 3 aromatic rings. The smallest absolute Gasteiger partial charge is 0.318 e. The Morgan fingerprint density at radius 1 is 1.00 bits per heavy atom. The monoisotopic (exact) mass is 381 g/mol. The van der Waals surface area contributed by atoms with E-state index >= 15 is 0 Å². The molecule has 2 heterocycles.